The quantitative estimate of drug-likeness (QED) is 0.373. The van der Waals surface area contributed by atoms with Crippen LogP contribution in [-0.4, -0.2) is 6.15 Å². The highest BCUT2D eigenvalue weighted by Crippen LogP contribution is 2.19. The van der Waals surface area contributed by atoms with E-state index in [1.165, 1.54) is 42.1 Å². The van der Waals surface area contributed by atoms with E-state index in [-0.39, 0.29) is 0 Å². The summed E-state index contributed by atoms with van der Waals surface area (Å²) in [4.78, 5) is 0. The summed E-state index contributed by atoms with van der Waals surface area (Å²) in [6.45, 7) is 2.27. The molecule has 0 amide bonds. The number of benzene rings is 3. The van der Waals surface area contributed by atoms with Gasteiger partial charge in [0, 0.05) is 5.02 Å². The van der Waals surface area contributed by atoms with Gasteiger partial charge in [-0.25, -0.2) is 0 Å². The van der Waals surface area contributed by atoms with E-state index in [2.05, 4.69) is 85.8 Å². The lowest BCUT2D eigenvalue weighted by molar-refractivity contribution is 0.698. The van der Waals surface area contributed by atoms with Crippen molar-refractivity contribution in [2.45, 2.75) is 38.9 Å². The minimum atomic E-state index is -1.03. The molecule has 0 nitrogen and oxygen atoms in total. The van der Waals surface area contributed by atoms with Gasteiger partial charge in [0.05, 0.1) is 6.15 Å². The van der Waals surface area contributed by atoms with Gasteiger partial charge in [-0.1, -0.05) is 123 Å². The number of hydrogen-bond acceptors (Lipinski definition) is 0. The van der Waals surface area contributed by atoms with E-state index in [0.29, 0.717) is 0 Å². The standard InChI is InChI=1S/C24H27BCl/c1-2-3-4-11-19-25(21-13-7-5-8-14-21,22-15-9-6-10-16-22)23-17-12-18-24(26)20-23/h5-10,12-18,20H,2-4,11,19H2,1H3/q-1. The molecule has 3 aromatic rings. The topological polar surface area (TPSA) is 0 Å². The van der Waals surface area contributed by atoms with E-state index in [4.69, 9.17) is 11.6 Å². The molecule has 26 heavy (non-hydrogen) atoms. The Bertz CT molecular complexity index is 759. The lowest BCUT2D eigenvalue weighted by Gasteiger charge is -2.43. The van der Waals surface area contributed by atoms with Crippen molar-refractivity contribution in [1.29, 1.82) is 0 Å². The maximum Gasteiger partial charge on any atom is 0.0815 e. The molecule has 0 heterocycles. The van der Waals surface area contributed by atoms with Crippen LogP contribution in [0.25, 0.3) is 0 Å². The molecule has 0 aliphatic rings. The third-order valence-corrected chi connectivity index (χ3v) is 5.88. The first-order chi connectivity index (χ1) is 12.8. The molecule has 2 heteroatoms. The molecule has 0 aliphatic heterocycles. The van der Waals surface area contributed by atoms with Crippen LogP contribution in [0.4, 0.5) is 0 Å². The second-order valence-corrected chi connectivity index (χ2v) is 7.71. The molecule has 0 spiro atoms. The zero-order valence-electron chi connectivity index (χ0n) is 15.6. The molecule has 0 atom stereocenters. The van der Waals surface area contributed by atoms with Crippen molar-refractivity contribution in [2.24, 2.45) is 0 Å². The molecule has 0 radical (unpaired) electrons. The molecule has 0 aliphatic carbocycles. The minimum absolute atomic E-state index is 0.814. The van der Waals surface area contributed by atoms with E-state index in [1.54, 1.807) is 0 Å². The van der Waals surface area contributed by atoms with Crippen LogP contribution < -0.4 is 16.4 Å². The molecular formula is C24H27BCl-. The lowest BCUT2D eigenvalue weighted by Crippen LogP contribution is -2.66. The van der Waals surface area contributed by atoms with Crippen LogP contribution in [0, 0.1) is 0 Å². The number of rotatable bonds is 8. The SMILES string of the molecule is CCCCCC[B-](c1ccccc1)(c1ccccc1)c1cccc(Cl)c1. The Balaban J connectivity index is 2.17. The van der Waals surface area contributed by atoms with Crippen molar-refractivity contribution in [3.63, 3.8) is 0 Å². The predicted molar refractivity (Wildman–Crippen MR) is 118 cm³/mol. The van der Waals surface area contributed by atoms with Gasteiger partial charge in [-0.3, -0.25) is 0 Å². The van der Waals surface area contributed by atoms with E-state index in [9.17, 15) is 0 Å². The average molecular weight is 362 g/mol. The van der Waals surface area contributed by atoms with Gasteiger partial charge >= 0.3 is 0 Å². The molecular weight excluding hydrogens is 335 g/mol. The monoisotopic (exact) mass is 361 g/mol. The summed E-state index contributed by atoms with van der Waals surface area (Å²) >= 11 is 6.42. The van der Waals surface area contributed by atoms with Crippen molar-refractivity contribution >= 4 is 34.1 Å². The van der Waals surface area contributed by atoms with E-state index >= 15 is 0 Å². The van der Waals surface area contributed by atoms with Gasteiger partial charge in [0.25, 0.3) is 0 Å². The smallest absolute Gasteiger partial charge is 0.0815 e. The Morgan fingerprint density at radius 3 is 1.77 bits per heavy atom. The van der Waals surface area contributed by atoms with Crippen LogP contribution >= 0.6 is 11.6 Å². The summed E-state index contributed by atoms with van der Waals surface area (Å²) in [6.07, 6.45) is 5.17. The summed E-state index contributed by atoms with van der Waals surface area (Å²) in [5.41, 5.74) is 4.14. The number of unbranched alkanes of at least 4 members (excludes halogenated alkanes) is 3. The Kier molecular flexibility index (Phi) is 6.58. The van der Waals surface area contributed by atoms with Gasteiger partial charge in [-0.15, -0.1) is 0 Å². The van der Waals surface area contributed by atoms with Crippen LogP contribution in [0.5, 0.6) is 0 Å². The Labute approximate surface area is 163 Å². The maximum atomic E-state index is 6.42. The molecule has 0 aromatic heterocycles. The second kappa shape index (κ2) is 9.10. The minimum Gasteiger partial charge on any atom is -0.200 e. The van der Waals surface area contributed by atoms with Crippen molar-refractivity contribution in [2.75, 3.05) is 0 Å². The zero-order valence-corrected chi connectivity index (χ0v) is 16.3. The highest BCUT2D eigenvalue weighted by Gasteiger charge is 2.29. The van der Waals surface area contributed by atoms with Crippen LogP contribution in [0.3, 0.4) is 0 Å². The molecule has 3 aromatic carbocycles. The highest BCUT2D eigenvalue weighted by molar-refractivity contribution is 7.11. The third-order valence-electron chi connectivity index (χ3n) is 5.65. The summed E-state index contributed by atoms with van der Waals surface area (Å²) in [7, 11) is 0. The van der Waals surface area contributed by atoms with Gasteiger partial charge in [0.1, 0.15) is 0 Å². The molecule has 134 valence electrons. The van der Waals surface area contributed by atoms with E-state index in [0.717, 1.165) is 11.3 Å². The van der Waals surface area contributed by atoms with E-state index < -0.39 is 6.15 Å². The second-order valence-electron chi connectivity index (χ2n) is 7.27. The highest BCUT2D eigenvalue weighted by atomic mass is 35.5. The zero-order chi connectivity index (χ0) is 18.2. The Hall–Kier alpha value is -1.99. The predicted octanol–water partition coefficient (Wildman–Crippen LogP) is 5.39. The van der Waals surface area contributed by atoms with Crippen LogP contribution in [0.15, 0.2) is 84.9 Å². The van der Waals surface area contributed by atoms with Crippen molar-refractivity contribution in [3.05, 3.63) is 90.0 Å². The van der Waals surface area contributed by atoms with Crippen LogP contribution in [-0.2, 0) is 0 Å². The van der Waals surface area contributed by atoms with E-state index in [1.807, 2.05) is 6.07 Å². The fourth-order valence-electron chi connectivity index (χ4n) is 4.33. The van der Waals surface area contributed by atoms with Gasteiger partial charge in [0.15, 0.2) is 0 Å². The molecule has 0 saturated heterocycles. The molecule has 3 rings (SSSR count). The van der Waals surface area contributed by atoms with Crippen molar-refractivity contribution in [1.82, 2.24) is 0 Å². The number of halogens is 1. The molecule has 0 bridgehead atoms. The Morgan fingerprint density at radius 2 is 1.23 bits per heavy atom. The molecule has 0 fully saturated rings. The van der Waals surface area contributed by atoms with Gasteiger partial charge < -0.3 is 0 Å². The van der Waals surface area contributed by atoms with Crippen LogP contribution in [0.2, 0.25) is 11.3 Å². The number of hydrogen-bond donors (Lipinski definition) is 0. The fourth-order valence-corrected chi connectivity index (χ4v) is 4.53. The van der Waals surface area contributed by atoms with Gasteiger partial charge in [-0.05, 0) is 6.07 Å². The van der Waals surface area contributed by atoms with Crippen molar-refractivity contribution < 1.29 is 0 Å². The summed E-state index contributed by atoms with van der Waals surface area (Å²) in [6, 6.07) is 30.5. The van der Waals surface area contributed by atoms with Crippen molar-refractivity contribution in [3.8, 4) is 0 Å². The van der Waals surface area contributed by atoms with Crippen LogP contribution in [0.1, 0.15) is 32.6 Å². The average Bonchev–Trinajstić information content (AvgIpc) is 2.70. The Morgan fingerprint density at radius 1 is 0.654 bits per heavy atom. The summed E-state index contributed by atoms with van der Waals surface area (Å²) < 4.78 is 0. The van der Waals surface area contributed by atoms with Gasteiger partial charge in [-0.2, -0.15) is 22.7 Å². The summed E-state index contributed by atoms with van der Waals surface area (Å²) in [5.74, 6) is 0. The lowest BCUT2D eigenvalue weighted by atomic mass is 9.14. The van der Waals surface area contributed by atoms with Gasteiger partial charge in [0.2, 0.25) is 0 Å². The summed E-state index contributed by atoms with van der Waals surface area (Å²) in [5, 5.41) is 0.814. The normalized spacial score (nSPS) is 11.5. The molecule has 0 saturated carbocycles. The first-order valence-corrected chi connectivity index (χ1v) is 10.2. The maximum absolute atomic E-state index is 6.42. The molecule has 0 N–H and O–H groups in total. The third kappa shape index (κ3) is 4.05. The first kappa shape index (κ1) is 18.8. The first-order valence-electron chi connectivity index (χ1n) is 9.81. The largest absolute Gasteiger partial charge is 0.200 e. The fraction of sp³-hybridized carbons (Fsp3) is 0.250. The molecule has 0 unspecified atom stereocenters.